The van der Waals surface area contributed by atoms with Gasteiger partial charge in [0.15, 0.2) is 0 Å². The molecule has 134 valence electrons. The molecule has 0 amide bonds. The molecule has 2 aromatic heterocycles. The number of furan rings is 1. The van der Waals surface area contributed by atoms with Crippen molar-refractivity contribution in [2.75, 3.05) is 19.6 Å². The summed E-state index contributed by atoms with van der Waals surface area (Å²) in [6.45, 7) is 2.80. The minimum atomic E-state index is -0.180. The molecule has 0 spiro atoms. The number of rotatable bonds is 5. The number of hydrogen-bond donors (Lipinski definition) is 1. The topological polar surface area (TPSA) is 67.1 Å². The summed E-state index contributed by atoms with van der Waals surface area (Å²) in [7, 11) is 0. The van der Waals surface area contributed by atoms with Gasteiger partial charge in [-0.25, -0.2) is 14.5 Å². The second-order valence-electron chi connectivity index (χ2n) is 6.57. The molecule has 1 N–H and O–H groups in total. The zero-order valence-corrected chi connectivity index (χ0v) is 14.5. The van der Waals surface area contributed by atoms with Gasteiger partial charge in [-0.2, -0.15) is 5.10 Å². The first-order valence-electron chi connectivity index (χ1n) is 8.96. The summed E-state index contributed by atoms with van der Waals surface area (Å²) in [5.41, 5.74) is 0.678. The van der Waals surface area contributed by atoms with Gasteiger partial charge in [-0.15, -0.1) is 0 Å². The molecule has 1 aliphatic rings. The van der Waals surface area contributed by atoms with Gasteiger partial charge in [0.25, 0.3) is 0 Å². The van der Waals surface area contributed by atoms with Gasteiger partial charge < -0.3 is 4.42 Å². The molecule has 4 rings (SSSR count). The molecule has 1 fully saturated rings. The Labute approximate surface area is 151 Å². The van der Waals surface area contributed by atoms with E-state index in [0.717, 1.165) is 49.7 Å². The lowest BCUT2D eigenvalue weighted by Crippen LogP contribution is -2.35. The number of aromatic nitrogens is 3. The zero-order chi connectivity index (χ0) is 17.8. The van der Waals surface area contributed by atoms with Crippen LogP contribution in [0, 0.1) is 0 Å². The molecule has 0 bridgehead atoms. The maximum absolute atomic E-state index is 12.3. The van der Waals surface area contributed by atoms with Gasteiger partial charge in [-0.05, 0) is 49.7 Å². The van der Waals surface area contributed by atoms with Gasteiger partial charge in [0, 0.05) is 19.0 Å². The summed E-state index contributed by atoms with van der Waals surface area (Å²) >= 11 is 0. The molecular formula is C20H22N4O2. The fourth-order valence-electron chi connectivity index (χ4n) is 3.55. The molecule has 0 saturated carbocycles. The quantitative estimate of drug-likeness (QED) is 0.768. The van der Waals surface area contributed by atoms with Crippen LogP contribution in [0.2, 0.25) is 0 Å². The summed E-state index contributed by atoms with van der Waals surface area (Å²) in [6.07, 6.45) is 7.93. The SMILES string of the molecule is O=c1[nH]nc([C@@H]2CCCN(C/C=C/c3ccco3)C2)n1-c1ccccc1. The van der Waals surface area contributed by atoms with Crippen LogP contribution in [0.1, 0.15) is 30.3 Å². The van der Waals surface area contributed by atoms with E-state index in [4.69, 9.17) is 4.42 Å². The van der Waals surface area contributed by atoms with Crippen molar-refractivity contribution in [3.63, 3.8) is 0 Å². The molecule has 0 radical (unpaired) electrons. The number of nitrogens with one attached hydrogen (secondary N) is 1. The Bertz CT molecular complexity index is 909. The highest BCUT2D eigenvalue weighted by Crippen LogP contribution is 2.26. The van der Waals surface area contributed by atoms with E-state index in [-0.39, 0.29) is 11.6 Å². The van der Waals surface area contributed by atoms with E-state index in [9.17, 15) is 4.79 Å². The van der Waals surface area contributed by atoms with E-state index in [1.54, 1.807) is 10.8 Å². The predicted molar refractivity (Wildman–Crippen MR) is 100 cm³/mol. The standard InChI is InChI=1S/C20H22N4O2/c25-20-22-21-19(24(20)17-8-2-1-3-9-17)16-7-4-12-23(15-16)13-5-10-18-11-6-14-26-18/h1-3,5-6,8-11,14,16H,4,7,12-13,15H2,(H,22,25)/b10-5+/t16-/m1/s1. The van der Waals surface area contributed by atoms with E-state index in [0.29, 0.717) is 0 Å². The molecular weight excluding hydrogens is 328 g/mol. The summed E-state index contributed by atoms with van der Waals surface area (Å²) < 4.78 is 7.02. The number of nitrogens with zero attached hydrogens (tertiary/aromatic N) is 3. The lowest BCUT2D eigenvalue weighted by Gasteiger charge is -2.31. The highest BCUT2D eigenvalue weighted by Gasteiger charge is 2.26. The second-order valence-corrected chi connectivity index (χ2v) is 6.57. The Balaban J connectivity index is 1.49. The third-order valence-corrected chi connectivity index (χ3v) is 4.77. The van der Waals surface area contributed by atoms with Crippen molar-refractivity contribution >= 4 is 6.08 Å². The smallest absolute Gasteiger partial charge is 0.347 e. The zero-order valence-electron chi connectivity index (χ0n) is 14.5. The molecule has 1 saturated heterocycles. The van der Waals surface area contributed by atoms with Gasteiger partial charge in [0.2, 0.25) is 0 Å². The normalized spacial score (nSPS) is 18.5. The Hall–Kier alpha value is -2.86. The van der Waals surface area contributed by atoms with Crippen LogP contribution in [0.5, 0.6) is 0 Å². The lowest BCUT2D eigenvalue weighted by atomic mass is 9.97. The highest BCUT2D eigenvalue weighted by atomic mass is 16.3. The predicted octanol–water partition coefficient (Wildman–Crippen LogP) is 3.05. The minimum absolute atomic E-state index is 0.180. The first-order chi connectivity index (χ1) is 12.8. The maximum atomic E-state index is 12.3. The molecule has 1 aliphatic heterocycles. The molecule has 6 heteroatoms. The van der Waals surface area contributed by atoms with Crippen molar-refractivity contribution in [1.82, 2.24) is 19.7 Å². The van der Waals surface area contributed by atoms with Gasteiger partial charge in [0.1, 0.15) is 11.6 Å². The van der Waals surface area contributed by atoms with Crippen LogP contribution in [0.15, 0.2) is 64.0 Å². The molecule has 1 atom stereocenters. The summed E-state index contributed by atoms with van der Waals surface area (Å²) in [6, 6.07) is 13.5. The van der Waals surface area contributed by atoms with E-state index < -0.39 is 0 Å². The Morgan fingerprint density at radius 3 is 2.92 bits per heavy atom. The summed E-state index contributed by atoms with van der Waals surface area (Å²) in [5, 5.41) is 6.96. The average Bonchev–Trinajstić information content (AvgIpc) is 3.32. The van der Waals surface area contributed by atoms with Gasteiger partial charge in [0.05, 0.1) is 12.0 Å². The number of benzene rings is 1. The van der Waals surface area contributed by atoms with Crippen LogP contribution in [-0.2, 0) is 0 Å². The van der Waals surface area contributed by atoms with Crippen molar-refractivity contribution in [1.29, 1.82) is 0 Å². The molecule has 0 aliphatic carbocycles. The van der Waals surface area contributed by atoms with Crippen LogP contribution < -0.4 is 5.69 Å². The average molecular weight is 350 g/mol. The van der Waals surface area contributed by atoms with Crippen molar-refractivity contribution < 1.29 is 4.42 Å². The molecule has 0 unspecified atom stereocenters. The monoisotopic (exact) mass is 350 g/mol. The fraction of sp³-hybridized carbons (Fsp3) is 0.300. The number of aromatic amines is 1. The Morgan fingerprint density at radius 1 is 1.23 bits per heavy atom. The number of para-hydroxylation sites is 1. The van der Waals surface area contributed by atoms with E-state index >= 15 is 0 Å². The van der Waals surface area contributed by atoms with Gasteiger partial charge in [-0.1, -0.05) is 24.3 Å². The largest absolute Gasteiger partial charge is 0.465 e. The summed E-state index contributed by atoms with van der Waals surface area (Å²) in [5.74, 6) is 1.92. The molecule has 26 heavy (non-hydrogen) atoms. The van der Waals surface area contributed by atoms with Gasteiger partial charge in [-0.3, -0.25) is 4.90 Å². The molecule has 1 aromatic carbocycles. The maximum Gasteiger partial charge on any atom is 0.347 e. The van der Waals surface area contributed by atoms with Crippen molar-refractivity contribution in [3.8, 4) is 5.69 Å². The van der Waals surface area contributed by atoms with E-state index in [1.165, 1.54) is 0 Å². The third kappa shape index (κ3) is 3.55. The van der Waals surface area contributed by atoms with Crippen LogP contribution in [0.25, 0.3) is 11.8 Å². The minimum Gasteiger partial charge on any atom is -0.465 e. The number of likely N-dealkylation sites (tertiary alicyclic amines) is 1. The highest BCUT2D eigenvalue weighted by molar-refractivity contribution is 5.42. The lowest BCUT2D eigenvalue weighted by molar-refractivity contribution is 0.223. The van der Waals surface area contributed by atoms with Crippen LogP contribution in [0.4, 0.5) is 0 Å². The first kappa shape index (κ1) is 16.6. The molecule has 6 nitrogen and oxygen atoms in total. The number of hydrogen-bond acceptors (Lipinski definition) is 4. The number of H-pyrrole nitrogens is 1. The van der Waals surface area contributed by atoms with Gasteiger partial charge >= 0.3 is 5.69 Å². The first-order valence-corrected chi connectivity index (χ1v) is 8.96. The van der Waals surface area contributed by atoms with Crippen molar-refractivity contribution in [3.05, 3.63) is 76.9 Å². The van der Waals surface area contributed by atoms with E-state index in [2.05, 4.69) is 21.2 Å². The summed E-state index contributed by atoms with van der Waals surface area (Å²) in [4.78, 5) is 14.7. The van der Waals surface area contributed by atoms with E-state index in [1.807, 2.05) is 48.5 Å². The number of piperidine rings is 1. The van der Waals surface area contributed by atoms with Crippen LogP contribution >= 0.6 is 0 Å². The van der Waals surface area contributed by atoms with Crippen LogP contribution in [-0.4, -0.2) is 39.3 Å². The molecule has 3 heterocycles. The third-order valence-electron chi connectivity index (χ3n) is 4.77. The fourth-order valence-corrected chi connectivity index (χ4v) is 3.55. The van der Waals surface area contributed by atoms with Crippen LogP contribution in [0.3, 0.4) is 0 Å². The van der Waals surface area contributed by atoms with Crippen molar-refractivity contribution in [2.45, 2.75) is 18.8 Å². The van der Waals surface area contributed by atoms with Crippen molar-refractivity contribution in [2.24, 2.45) is 0 Å². The second kappa shape index (κ2) is 7.58. The Kier molecular flexibility index (Phi) is 4.84. The molecule has 3 aromatic rings. The Morgan fingerprint density at radius 2 is 2.12 bits per heavy atom.